The molecule has 4 aromatic rings. The van der Waals surface area contributed by atoms with Crippen molar-refractivity contribution in [2.24, 2.45) is 0 Å². The van der Waals surface area contributed by atoms with Crippen LogP contribution in [0, 0.1) is 0 Å². The van der Waals surface area contributed by atoms with Crippen LogP contribution in [0.4, 0.5) is 13.2 Å². The molecule has 28 heavy (non-hydrogen) atoms. The normalized spacial score (nSPS) is 11.9. The van der Waals surface area contributed by atoms with E-state index in [2.05, 4.69) is 20.6 Å². The van der Waals surface area contributed by atoms with Crippen LogP contribution in [0.2, 0.25) is 5.02 Å². The number of tetrazole rings is 1. The van der Waals surface area contributed by atoms with Crippen molar-refractivity contribution in [2.75, 3.05) is 0 Å². The molecule has 2 aromatic carbocycles. The van der Waals surface area contributed by atoms with Crippen molar-refractivity contribution in [3.05, 3.63) is 57.4 Å². The highest BCUT2D eigenvalue weighted by Gasteiger charge is 2.40. The Labute approximate surface area is 158 Å². The van der Waals surface area contributed by atoms with Crippen LogP contribution < -0.4 is 5.43 Å². The third-order valence-electron chi connectivity index (χ3n) is 3.99. The molecule has 0 atom stereocenters. The van der Waals surface area contributed by atoms with Gasteiger partial charge in [-0.05, 0) is 28.6 Å². The van der Waals surface area contributed by atoms with Gasteiger partial charge in [-0.3, -0.25) is 4.79 Å². The molecule has 7 nitrogen and oxygen atoms in total. The van der Waals surface area contributed by atoms with E-state index >= 15 is 0 Å². The van der Waals surface area contributed by atoms with Gasteiger partial charge in [-0.1, -0.05) is 23.7 Å². The Hall–Kier alpha value is -3.40. The number of aromatic nitrogens is 4. The largest absolute Gasteiger partial charge is 0.508 e. The first-order valence-corrected chi connectivity index (χ1v) is 8.04. The van der Waals surface area contributed by atoms with Gasteiger partial charge in [0.05, 0.1) is 10.9 Å². The van der Waals surface area contributed by atoms with Crippen molar-refractivity contribution in [1.29, 1.82) is 0 Å². The second kappa shape index (κ2) is 6.34. The molecule has 0 bridgehead atoms. The lowest BCUT2D eigenvalue weighted by molar-refractivity contribution is -0.152. The number of alkyl halides is 3. The van der Waals surface area contributed by atoms with E-state index in [0.29, 0.717) is 5.56 Å². The zero-order valence-corrected chi connectivity index (χ0v) is 14.3. The molecule has 2 N–H and O–H groups in total. The minimum absolute atomic E-state index is 0.121. The van der Waals surface area contributed by atoms with Crippen LogP contribution in [-0.4, -0.2) is 25.7 Å². The summed E-state index contributed by atoms with van der Waals surface area (Å²) in [6.07, 6.45) is -4.97. The number of phenolic OH excluding ortho intramolecular Hbond substituents is 1. The minimum Gasteiger partial charge on any atom is -0.508 e. The van der Waals surface area contributed by atoms with E-state index in [4.69, 9.17) is 16.0 Å². The van der Waals surface area contributed by atoms with Crippen molar-refractivity contribution >= 4 is 22.6 Å². The third-order valence-corrected chi connectivity index (χ3v) is 4.30. The molecular formula is C17H8ClF3N4O3. The molecular weight excluding hydrogens is 401 g/mol. The SMILES string of the molecule is O=c1c(-c2ccc(-c3nnn[nH]3)cc2Cl)c(C(F)(F)F)oc2cc(O)ccc12. The predicted molar refractivity (Wildman–Crippen MR) is 92.8 cm³/mol. The maximum Gasteiger partial charge on any atom is 0.450 e. The molecule has 0 spiro atoms. The smallest absolute Gasteiger partial charge is 0.450 e. The summed E-state index contributed by atoms with van der Waals surface area (Å²) in [5.41, 5.74) is -1.78. The Morgan fingerprint density at radius 1 is 1.14 bits per heavy atom. The average Bonchev–Trinajstić information content (AvgIpc) is 3.16. The molecule has 0 saturated carbocycles. The molecule has 142 valence electrons. The van der Waals surface area contributed by atoms with E-state index < -0.39 is 22.9 Å². The molecule has 0 aliphatic heterocycles. The molecule has 0 aliphatic carbocycles. The van der Waals surface area contributed by atoms with Gasteiger partial charge < -0.3 is 9.52 Å². The quantitative estimate of drug-likeness (QED) is 0.519. The standard InChI is InChI=1S/C17H8ClF3N4O3/c18-11-5-7(16-22-24-25-23-16)1-3-9(11)13-14(27)10-4-2-8(26)6-12(10)28-15(13)17(19,20)21/h1-6,26H,(H,22,23,24,25). The molecule has 2 heterocycles. The fourth-order valence-corrected chi connectivity index (χ4v) is 3.05. The highest BCUT2D eigenvalue weighted by Crippen LogP contribution is 2.40. The fourth-order valence-electron chi connectivity index (χ4n) is 2.77. The summed E-state index contributed by atoms with van der Waals surface area (Å²) >= 11 is 6.18. The van der Waals surface area contributed by atoms with E-state index in [1.807, 2.05) is 0 Å². The minimum atomic E-state index is -4.97. The Morgan fingerprint density at radius 2 is 1.93 bits per heavy atom. The molecule has 0 aliphatic rings. The number of H-pyrrole nitrogens is 1. The number of phenols is 1. The van der Waals surface area contributed by atoms with Crippen LogP contribution in [0.3, 0.4) is 0 Å². The van der Waals surface area contributed by atoms with E-state index in [1.54, 1.807) is 0 Å². The van der Waals surface area contributed by atoms with E-state index in [9.17, 15) is 23.1 Å². The van der Waals surface area contributed by atoms with E-state index in [-0.39, 0.29) is 33.1 Å². The van der Waals surface area contributed by atoms with Crippen LogP contribution in [0.25, 0.3) is 33.5 Å². The van der Waals surface area contributed by atoms with Crippen LogP contribution in [-0.2, 0) is 6.18 Å². The number of halogens is 4. The van der Waals surface area contributed by atoms with Crippen LogP contribution >= 0.6 is 11.6 Å². The number of aromatic amines is 1. The maximum atomic E-state index is 13.6. The second-order valence-electron chi connectivity index (χ2n) is 5.76. The number of benzene rings is 2. The van der Waals surface area contributed by atoms with Gasteiger partial charge in [0.1, 0.15) is 11.3 Å². The summed E-state index contributed by atoms with van der Waals surface area (Å²) in [7, 11) is 0. The van der Waals surface area contributed by atoms with Gasteiger partial charge in [0, 0.05) is 22.2 Å². The monoisotopic (exact) mass is 408 g/mol. The van der Waals surface area contributed by atoms with Gasteiger partial charge in [0.2, 0.25) is 11.2 Å². The first-order valence-electron chi connectivity index (χ1n) is 7.67. The highest BCUT2D eigenvalue weighted by atomic mass is 35.5. The van der Waals surface area contributed by atoms with Gasteiger partial charge in [-0.25, -0.2) is 5.10 Å². The van der Waals surface area contributed by atoms with E-state index in [0.717, 1.165) is 6.07 Å². The Morgan fingerprint density at radius 3 is 2.57 bits per heavy atom. The molecule has 0 unspecified atom stereocenters. The summed E-state index contributed by atoms with van der Waals surface area (Å²) in [4.78, 5) is 12.8. The van der Waals surface area contributed by atoms with Crippen LogP contribution in [0.5, 0.6) is 5.75 Å². The van der Waals surface area contributed by atoms with Crippen molar-refractivity contribution in [3.8, 4) is 28.3 Å². The molecule has 0 radical (unpaired) electrons. The lowest BCUT2D eigenvalue weighted by Crippen LogP contribution is -2.16. The van der Waals surface area contributed by atoms with Crippen LogP contribution in [0.1, 0.15) is 5.76 Å². The average molecular weight is 409 g/mol. The summed E-state index contributed by atoms with van der Waals surface area (Å²) in [5.74, 6) is -1.59. The van der Waals surface area contributed by atoms with Gasteiger partial charge in [0.15, 0.2) is 5.82 Å². The van der Waals surface area contributed by atoms with Crippen LogP contribution in [0.15, 0.2) is 45.6 Å². The molecule has 2 aromatic heterocycles. The number of nitrogens with zero attached hydrogens (tertiary/aromatic N) is 3. The zero-order valence-electron chi connectivity index (χ0n) is 13.6. The zero-order chi connectivity index (χ0) is 20.1. The second-order valence-corrected chi connectivity index (χ2v) is 6.17. The number of aromatic hydroxyl groups is 1. The fraction of sp³-hybridized carbons (Fsp3) is 0.0588. The Balaban J connectivity index is 2.01. The van der Waals surface area contributed by atoms with Crippen molar-refractivity contribution < 1.29 is 22.7 Å². The van der Waals surface area contributed by atoms with Gasteiger partial charge in [0.25, 0.3) is 0 Å². The van der Waals surface area contributed by atoms with E-state index in [1.165, 1.54) is 30.3 Å². The summed E-state index contributed by atoms with van der Waals surface area (Å²) in [6, 6.07) is 7.32. The lowest BCUT2D eigenvalue weighted by atomic mass is 10.00. The number of rotatable bonds is 2. The van der Waals surface area contributed by atoms with Crippen molar-refractivity contribution in [1.82, 2.24) is 20.6 Å². The first kappa shape index (κ1) is 18.0. The number of nitrogens with one attached hydrogen (secondary N) is 1. The maximum absolute atomic E-state index is 13.6. The summed E-state index contributed by atoms with van der Waals surface area (Å²) in [5, 5.41) is 22.3. The van der Waals surface area contributed by atoms with Crippen molar-refractivity contribution in [2.45, 2.75) is 6.18 Å². The summed E-state index contributed by atoms with van der Waals surface area (Å²) < 4.78 is 45.8. The van der Waals surface area contributed by atoms with Gasteiger partial charge in [-0.15, -0.1) is 5.10 Å². The number of fused-ring (bicyclic) bond motifs is 1. The topological polar surface area (TPSA) is 105 Å². The Bertz CT molecular complexity index is 1250. The summed E-state index contributed by atoms with van der Waals surface area (Å²) in [6.45, 7) is 0. The molecule has 0 fully saturated rings. The highest BCUT2D eigenvalue weighted by molar-refractivity contribution is 6.33. The predicted octanol–water partition coefficient (Wildman–Crippen LogP) is 4.02. The van der Waals surface area contributed by atoms with Crippen molar-refractivity contribution in [3.63, 3.8) is 0 Å². The molecule has 4 rings (SSSR count). The van der Waals surface area contributed by atoms with Gasteiger partial charge in [-0.2, -0.15) is 13.2 Å². The molecule has 0 amide bonds. The molecule has 0 saturated heterocycles. The van der Waals surface area contributed by atoms with Gasteiger partial charge >= 0.3 is 6.18 Å². The lowest BCUT2D eigenvalue weighted by Gasteiger charge is -2.14. The number of hydrogen-bond donors (Lipinski definition) is 2. The number of hydrogen-bond acceptors (Lipinski definition) is 6. The Kier molecular flexibility index (Phi) is 4.07. The third kappa shape index (κ3) is 2.97. The first-order chi connectivity index (χ1) is 13.3. The molecule has 11 heteroatoms.